The van der Waals surface area contributed by atoms with Crippen molar-refractivity contribution in [2.45, 2.75) is 32.2 Å². The number of aromatic nitrogens is 2. The van der Waals surface area contributed by atoms with Crippen LogP contribution in [0.15, 0.2) is 24.5 Å². The first kappa shape index (κ1) is 13.1. The van der Waals surface area contributed by atoms with Crippen molar-refractivity contribution in [3.8, 4) is 0 Å². The van der Waals surface area contributed by atoms with Crippen molar-refractivity contribution >= 4 is 11.0 Å². The quantitative estimate of drug-likeness (QED) is 0.653. The van der Waals surface area contributed by atoms with E-state index in [1.54, 1.807) is 6.33 Å². The summed E-state index contributed by atoms with van der Waals surface area (Å²) in [7, 11) is 0. The second-order valence-corrected chi connectivity index (χ2v) is 4.87. The summed E-state index contributed by atoms with van der Waals surface area (Å²) in [6.07, 6.45) is 5.03. The largest absolute Gasteiger partial charge is 0.345 e. The third-order valence-electron chi connectivity index (χ3n) is 3.09. The van der Waals surface area contributed by atoms with Gasteiger partial charge in [-0.05, 0) is 57.0 Å². The van der Waals surface area contributed by atoms with Crippen LogP contribution in [0.1, 0.15) is 25.3 Å². The molecule has 0 radical (unpaired) electrons. The number of hydrogen-bond donors (Lipinski definition) is 3. The van der Waals surface area contributed by atoms with Crippen LogP contribution >= 0.6 is 0 Å². The first-order valence-corrected chi connectivity index (χ1v) is 6.64. The van der Waals surface area contributed by atoms with E-state index in [2.05, 4.69) is 40.4 Å². The number of hydrogen-bond acceptors (Lipinski definition) is 3. The number of nitrogens with zero attached hydrogens (tertiary/aromatic N) is 1. The second kappa shape index (κ2) is 6.52. The minimum absolute atomic E-state index is 0.314. The number of imidazole rings is 1. The highest BCUT2D eigenvalue weighted by atomic mass is 14.9. The summed E-state index contributed by atoms with van der Waals surface area (Å²) in [4.78, 5) is 7.35. The Balaban J connectivity index is 1.70. The molecule has 2 rings (SSSR count). The van der Waals surface area contributed by atoms with Crippen LogP contribution in [0.5, 0.6) is 0 Å². The first-order valence-electron chi connectivity index (χ1n) is 6.64. The maximum Gasteiger partial charge on any atom is 0.0931 e. The highest BCUT2D eigenvalue weighted by Gasteiger charge is 1.98. The van der Waals surface area contributed by atoms with Gasteiger partial charge in [0, 0.05) is 6.04 Å². The number of aromatic amines is 1. The molecule has 0 amide bonds. The monoisotopic (exact) mass is 246 g/mol. The van der Waals surface area contributed by atoms with Crippen LogP contribution in [0.25, 0.3) is 11.0 Å². The molecule has 98 valence electrons. The van der Waals surface area contributed by atoms with Crippen LogP contribution in [-0.4, -0.2) is 29.1 Å². The number of nitrogens with one attached hydrogen (secondary N) is 2. The predicted octanol–water partition coefficient (Wildman–Crippen LogP) is 1.82. The van der Waals surface area contributed by atoms with Crippen LogP contribution in [0.3, 0.4) is 0 Å². The molecule has 0 spiro atoms. The standard InChI is InChI=1S/C14H22N4/c1-11(15)3-2-7-16-8-6-12-4-5-13-14(9-12)18-10-17-13/h4-5,9-11,16H,2-3,6-8,15H2,1H3,(H,17,18). The van der Waals surface area contributed by atoms with Crippen molar-refractivity contribution in [1.82, 2.24) is 15.3 Å². The highest BCUT2D eigenvalue weighted by Crippen LogP contribution is 2.11. The SMILES string of the molecule is CC(N)CCCNCCc1ccc2nc[nH]c2c1. The lowest BCUT2D eigenvalue weighted by Gasteiger charge is -2.06. The molecule has 1 atom stereocenters. The molecule has 0 saturated heterocycles. The summed E-state index contributed by atoms with van der Waals surface area (Å²) in [5, 5.41) is 3.45. The van der Waals surface area contributed by atoms with E-state index in [0.717, 1.165) is 43.4 Å². The third-order valence-corrected chi connectivity index (χ3v) is 3.09. The zero-order chi connectivity index (χ0) is 12.8. The highest BCUT2D eigenvalue weighted by molar-refractivity contribution is 5.74. The fourth-order valence-corrected chi connectivity index (χ4v) is 2.05. The fraction of sp³-hybridized carbons (Fsp3) is 0.500. The van der Waals surface area contributed by atoms with E-state index < -0.39 is 0 Å². The lowest BCUT2D eigenvalue weighted by Crippen LogP contribution is -2.21. The van der Waals surface area contributed by atoms with E-state index in [1.807, 2.05) is 0 Å². The van der Waals surface area contributed by atoms with E-state index >= 15 is 0 Å². The van der Waals surface area contributed by atoms with Gasteiger partial charge < -0.3 is 16.0 Å². The van der Waals surface area contributed by atoms with Crippen molar-refractivity contribution in [2.24, 2.45) is 5.73 Å². The van der Waals surface area contributed by atoms with Gasteiger partial charge in [-0.25, -0.2) is 4.98 Å². The summed E-state index contributed by atoms with van der Waals surface area (Å²) in [5.74, 6) is 0. The normalized spacial score (nSPS) is 13.0. The average molecular weight is 246 g/mol. The van der Waals surface area contributed by atoms with Crippen LogP contribution in [0.4, 0.5) is 0 Å². The van der Waals surface area contributed by atoms with E-state index in [1.165, 1.54) is 5.56 Å². The average Bonchev–Trinajstić information content (AvgIpc) is 2.80. The van der Waals surface area contributed by atoms with Gasteiger partial charge in [0.25, 0.3) is 0 Å². The van der Waals surface area contributed by atoms with Gasteiger partial charge in [0.2, 0.25) is 0 Å². The smallest absolute Gasteiger partial charge is 0.0931 e. The topological polar surface area (TPSA) is 66.7 Å². The molecule has 0 aliphatic carbocycles. The number of benzene rings is 1. The summed E-state index contributed by atoms with van der Waals surface area (Å²) < 4.78 is 0. The lowest BCUT2D eigenvalue weighted by molar-refractivity contribution is 0.575. The van der Waals surface area contributed by atoms with Crippen molar-refractivity contribution in [3.63, 3.8) is 0 Å². The Morgan fingerprint density at radius 1 is 1.39 bits per heavy atom. The summed E-state index contributed by atoms with van der Waals surface area (Å²) >= 11 is 0. The predicted molar refractivity (Wildman–Crippen MR) is 75.6 cm³/mol. The number of H-pyrrole nitrogens is 1. The van der Waals surface area contributed by atoms with Gasteiger partial charge >= 0.3 is 0 Å². The molecule has 0 aliphatic rings. The number of rotatable bonds is 7. The molecule has 0 bridgehead atoms. The van der Waals surface area contributed by atoms with Gasteiger partial charge in [-0.2, -0.15) is 0 Å². The Labute approximate surface area is 108 Å². The summed E-state index contributed by atoms with van der Waals surface area (Å²) in [6, 6.07) is 6.70. The Kier molecular flexibility index (Phi) is 4.73. The molecular weight excluding hydrogens is 224 g/mol. The zero-order valence-electron chi connectivity index (χ0n) is 10.9. The molecule has 2 aromatic rings. The Bertz CT molecular complexity index is 475. The molecule has 4 nitrogen and oxygen atoms in total. The maximum absolute atomic E-state index is 5.70. The zero-order valence-corrected chi connectivity index (χ0v) is 10.9. The number of fused-ring (bicyclic) bond motifs is 1. The molecule has 4 heteroatoms. The molecule has 1 heterocycles. The molecule has 1 aromatic heterocycles. The van der Waals surface area contributed by atoms with E-state index in [0.29, 0.717) is 6.04 Å². The van der Waals surface area contributed by atoms with E-state index in [4.69, 9.17) is 5.73 Å². The second-order valence-electron chi connectivity index (χ2n) is 4.87. The van der Waals surface area contributed by atoms with Gasteiger partial charge in [0.1, 0.15) is 0 Å². The minimum atomic E-state index is 0.314. The summed E-state index contributed by atoms with van der Waals surface area (Å²) in [5.41, 5.74) is 9.19. The molecule has 0 saturated carbocycles. The van der Waals surface area contributed by atoms with E-state index in [9.17, 15) is 0 Å². The van der Waals surface area contributed by atoms with E-state index in [-0.39, 0.29) is 0 Å². The van der Waals surface area contributed by atoms with Crippen molar-refractivity contribution in [2.75, 3.05) is 13.1 Å². The van der Waals surface area contributed by atoms with Gasteiger partial charge in [0.05, 0.1) is 17.4 Å². The maximum atomic E-state index is 5.70. The van der Waals surface area contributed by atoms with Crippen LogP contribution < -0.4 is 11.1 Å². The molecule has 4 N–H and O–H groups in total. The van der Waals surface area contributed by atoms with Crippen LogP contribution in [0.2, 0.25) is 0 Å². The van der Waals surface area contributed by atoms with Crippen molar-refractivity contribution < 1.29 is 0 Å². The molecule has 18 heavy (non-hydrogen) atoms. The minimum Gasteiger partial charge on any atom is -0.345 e. The van der Waals surface area contributed by atoms with Crippen molar-refractivity contribution in [3.05, 3.63) is 30.1 Å². The lowest BCUT2D eigenvalue weighted by atomic mass is 10.1. The molecular formula is C14H22N4. The Morgan fingerprint density at radius 3 is 3.11 bits per heavy atom. The van der Waals surface area contributed by atoms with Crippen LogP contribution in [-0.2, 0) is 6.42 Å². The van der Waals surface area contributed by atoms with Gasteiger partial charge in [0.15, 0.2) is 0 Å². The molecule has 1 unspecified atom stereocenters. The first-order chi connectivity index (χ1) is 8.75. The fourth-order valence-electron chi connectivity index (χ4n) is 2.05. The molecule has 1 aromatic carbocycles. The summed E-state index contributed by atoms with van der Waals surface area (Å²) in [6.45, 7) is 4.12. The molecule has 0 fully saturated rings. The van der Waals surface area contributed by atoms with Gasteiger partial charge in [-0.15, -0.1) is 0 Å². The van der Waals surface area contributed by atoms with Crippen LogP contribution in [0, 0.1) is 0 Å². The number of nitrogens with two attached hydrogens (primary N) is 1. The van der Waals surface area contributed by atoms with Gasteiger partial charge in [-0.3, -0.25) is 0 Å². The Hall–Kier alpha value is -1.39. The third kappa shape index (κ3) is 3.82. The van der Waals surface area contributed by atoms with Crippen molar-refractivity contribution in [1.29, 1.82) is 0 Å². The Morgan fingerprint density at radius 2 is 2.28 bits per heavy atom. The molecule has 0 aliphatic heterocycles. The van der Waals surface area contributed by atoms with Gasteiger partial charge in [-0.1, -0.05) is 6.07 Å².